The normalized spacial score (nSPS) is 30.6. The van der Waals surface area contributed by atoms with Gasteiger partial charge in [0.25, 0.3) is 0 Å². The molecule has 2 amide bonds. The lowest BCUT2D eigenvalue weighted by Crippen LogP contribution is -2.57. The van der Waals surface area contributed by atoms with Crippen molar-refractivity contribution < 1.29 is 14.3 Å². The Bertz CT molecular complexity index is 462. The molecule has 1 spiro atoms. The minimum atomic E-state index is -0.566. The van der Waals surface area contributed by atoms with E-state index in [-0.39, 0.29) is 17.2 Å². The van der Waals surface area contributed by atoms with E-state index in [1.54, 1.807) is 4.90 Å². The van der Waals surface area contributed by atoms with Crippen molar-refractivity contribution in [2.45, 2.75) is 84.9 Å². The van der Waals surface area contributed by atoms with Crippen LogP contribution in [0.25, 0.3) is 0 Å². The molecule has 1 aliphatic carbocycles. The molecule has 0 radical (unpaired) electrons. The quantitative estimate of drug-likeness (QED) is 0.857. The zero-order valence-corrected chi connectivity index (χ0v) is 16.0. The Morgan fingerprint density at radius 1 is 1.25 bits per heavy atom. The van der Waals surface area contributed by atoms with Gasteiger partial charge in [-0.1, -0.05) is 34.6 Å². The number of carbonyl (C=O) groups is 2. The number of nitrogens with one attached hydrogen (secondary N) is 1. The van der Waals surface area contributed by atoms with Gasteiger partial charge in [0.05, 0.1) is 6.61 Å². The monoisotopic (exact) mass is 338 g/mol. The minimum absolute atomic E-state index is 0.0474. The van der Waals surface area contributed by atoms with Crippen molar-refractivity contribution in [3.63, 3.8) is 0 Å². The van der Waals surface area contributed by atoms with Crippen LogP contribution >= 0.6 is 0 Å². The highest BCUT2D eigenvalue weighted by Gasteiger charge is 2.53. The Labute approximate surface area is 146 Å². The van der Waals surface area contributed by atoms with Gasteiger partial charge in [-0.25, -0.2) is 0 Å². The molecule has 0 aromatic rings. The van der Waals surface area contributed by atoms with E-state index >= 15 is 0 Å². The van der Waals surface area contributed by atoms with Crippen LogP contribution in [0.4, 0.5) is 0 Å². The zero-order valence-electron chi connectivity index (χ0n) is 16.0. The minimum Gasteiger partial charge on any atom is -0.354 e. The first-order valence-electron chi connectivity index (χ1n) is 9.42. The highest BCUT2D eigenvalue weighted by atomic mass is 16.5. The van der Waals surface area contributed by atoms with Crippen LogP contribution in [-0.4, -0.2) is 41.6 Å². The third-order valence-corrected chi connectivity index (χ3v) is 5.12. The van der Waals surface area contributed by atoms with Crippen molar-refractivity contribution >= 4 is 11.8 Å². The number of ether oxygens (including phenoxy) is 1. The first-order valence-corrected chi connectivity index (χ1v) is 9.42. The molecule has 24 heavy (non-hydrogen) atoms. The molecule has 0 bridgehead atoms. The zero-order chi connectivity index (χ0) is 18.0. The lowest BCUT2D eigenvalue weighted by molar-refractivity contribution is -0.163. The molecule has 1 aliphatic heterocycles. The van der Waals surface area contributed by atoms with Crippen LogP contribution in [0.2, 0.25) is 0 Å². The summed E-state index contributed by atoms with van der Waals surface area (Å²) in [5.41, 5.74) is -0.670. The van der Waals surface area contributed by atoms with E-state index in [0.29, 0.717) is 25.5 Å². The van der Waals surface area contributed by atoms with Crippen LogP contribution in [0.15, 0.2) is 0 Å². The molecule has 1 unspecified atom stereocenters. The predicted molar refractivity (Wildman–Crippen MR) is 94.3 cm³/mol. The number of rotatable bonds is 4. The van der Waals surface area contributed by atoms with Crippen LogP contribution in [0.3, 0.4) is 0 Å². The maximum Gasteiger partial charge on any atom is 0.245 e. The molecule has 1 atom stereocenters. The molecule has 0 aromatic carbocycles. The van der Waals surface area contributed by atoms with Gasteiger partial charge in [0, 0.05) is 13.0 Å². The van der Waals surface area contributed by atoms with Crippen molar-refractivity contribution in [2.24, 2.45) is 11.3 Å². The van der Waals surface area contributed by atoms with E-state index in [1.807, 2.05) is 6.92 Å². The summed E-state index contributed by atoms with van der Waals surface area (Å²) < 4.78 is 6.14. The van der Waals surface area contributed by atoms with E-state index in [0.717, 1.165) is 32.1 Å². The summed E-state index contributed by atoms with van der Waals surface area (Å²) in [6.07, 6.45) is 5.08. The van der Waals surface area contributed by atoms with Crippen molar-refractivity contribution in [3.8, 4) is 0 Å². The fourth-order valence-corrected chi connectivity index (χ4v) is 3.76. The molecule has 0 aromatic heterocycles. The van der Waals surface area contributed by atoms with Crippen LogP contribution < -0.4 is 5.32 Å². The van der Waals surface area contributed by atoms with E-state index in [4.69, 9.17) is 4.74 Å². The van der Waals surface area contributed by atoms with Gasteiger partial charge in [0.2, 0.25) is 11.8 Å². The van der Waals surface area contributed by atoms with Crippen molar-refractivity contribution in [1.29, 1.82) is 0 Å². The smallest absolute Gasteiger partial charge is 0.245 e. The van der Waals surface area contributed by atoms with E-state index in [1.165, 1.54) is 0 Å². The molecule has 1 saturated carbocycles. The van der Waals surface area contributed by atoms with Gasteiger partial charge in [-0.2, -0.15) is 0 Å². The van der Waals surface area contributed by atoms with E-state index in [9.17, 15) is 9.59 Å². The molecule has 2 rings (SSSR count). The van der Waals surface area contributed by atoms with E-state index in [2.05, 4.69) is 33.0 Å². The molecule has 5 nitrogen and oxygen atoms in total. The second-order valence-corrected chi connectivity index (χ2v) is 8.75. The average Bonchev–Trinajstić information content (AvgIpc) is 2.86. The second-order valence-electron chi connectivity index (χ2n) is 8.75. The van der Waals surface area contributed by atoms with Gasteiger partial charge < -0.3 is 10.1 Å². The molecule has 1 saturated heterocycles. The Balaban J connectivity index is 2.22. The highest BCUT2D eigenvalue weighted by Crippen LogP contribution is 2.43. The lowest BCUT2D eigenvalue weighted by Gasteiger charge is -2.43. The molecule has 1 N–H and O–H groups in total. The maximum absolute atomic E-state index is 13.1. The third kappa shape index (κ3) is 4.29. The predicted octanol–water partition coefficient (Wildman–Crippen LogP) is 3.08. The second kappa shape index (κ2) is 7.42. The molecule has 2 aliphatic rings. The molecular weight excluding hydrogens is 304 g/mol. The van der Waals surface area contributed by atoms with Gasteiger partial charge in [0.15, 0.2) is 0 Å². The Morgan fingerprint density at radius 3 is 2.42 bits per heavy atom. The summed E-state index contributed by atoms with van der Waals surface area (Å²) in [4.78, 5) is 27.5. The lowest BCUT2D eigenvalue weighted by atomic mass is 9.82. The fourth-order valence-electron chi connectivity index (χ4n) is 3.76. The number of hydrogen-bond donors (Lipinski definition) is 1. The molecule has 1 heterocycles. The Hall–Kier alpha value is -1.10. The highest BCUT2D eigenvalue weighted by molar-refractivity contribution is 5.89. The largest absolute Gasteiger partial charge is 0.354 e. The Morgan fingerprint density at radius 2 is 1.88 bits per heavy atom. The standard InChI is InChI=1S/C19H34N2O3/c1-6-11-20-17(23)15-13-24-19(9-7-14(2)8-10-19)21(15)16(22)12-18(3,4)5/h14-15H,6-13H2,1-5H3,(H,20,23). The molecular formula is C19H34N2O3. The summed E-state index contributed by atoms with van der Waals surface area (Å²) in [5, 5.41) is 2.94. The topological polar surface area (TPSA) is 58.6 Å². The number of nitrogens with zero attached hydrogens (tertiary/aromatic N) is 1. The molecule has 2 fully saturated rings. The first kappa shape index (κ1) is 19.2. The average molecular weight is 338 g/mol. The Kier molecular flexibility index (Phi) is 5.95. The maximum atomic E-state index is 13.1. The number of hydrogen-bond acceptors (Lipinski definition) is 3. The molecule has 138 valence electrons. The van der Waals surface area contributed by atoms with Crippen LogP contribution in [0.5, 0.6) is 0 Å². The van der Waals surface area contributed by atoms with Crippen LogP contribution in [0.1, 0.15) is 73.1 Å². The molecule has 5 heteroatoms. The van der Waals surface area contributed by atoms with Gasteiger partial charge >= 0.3 is 0 Å². The van der Waals surface area contributed by atoms with Crippen LogP contribution in [0, 0.1) is 11.3 Å². The van der Waals surface area contributed by atoms with Gasteiger partial charge in [-0.05, 0) is 43.4 Å². The van der Waals surface area contributed by atoms with Crippen LogP contribution in [-0.2, 0) is 14.3 Å². The third-order valence-electron chi connectivity index (χ3n) is 5.12. The van der Waals surface area contributed by atoms with Crippen molar-refractivity contribution in [2.75, 3.05) is 13.2 Å². The van der Waals surface area contributed by atoms with Crippen molar-refractivity contribution in [1.82, 2.24) is 10.2 Å². The summed E-state index contributed by atoms with van der Waals surface area (Å²) in [6.45, 7) is 11.4. The van der Waals surface area contributed by atoms with Gasteiger partial charge in [-0.15, -0.1) is 0 Å². The fraction of sp³-hybridized carbons (Fsp3) is 0.895. The summed E-state index contributed by atoms with van der Waals surface area (Å²) in [6, 6.07) is -0.486. The van der Waals surface area contributed by atoms with Crippen molar-refractivity contribution in [3.05, 3.63) is 0 Å². The number of carbonyl (C=O) groups excluding carboxylic acids is 2. The first-order chi connectivity index (χ1) is 11.2. The summed E-state index contributed by atoms with van der Waals surface area (Å²) in [5.74, 6) is 0.632. The number of amides is 2. The SMILES string of the molecule is CCCNC(=O)C1COC2(CCC(C)CC2)N1C(=O)CC(C)(C)C. The van der Waals surface area contributed by atoms with E-state index < -0.39 is 11.8 Å². The van der Waals surface area contributed by atoms with Gasteiger partial charge in [-0.3, -0.25) is 14.5 Å². The van der Waals surface area contributed by atoms with Gasteiger partial charge in [0.1, 0.15) is 11.8 Å². The summed E-state index contributed by atoms with van der Waals surface area (Å²) in [7, 11) is 0. The summed E-state index contributed by atoms with van der Waals surface area (Å²) >= 11 is 0.